The molecule has 118 valence electrons. The van der Waals surface area contributed by atoms with Crippen LogP contribution in [0.4, 0.5) is 11.6 Å². The predicted molar refractivity (Wildman–Crippen MR) is 93.5 cm³/mol. The minimum Gasteiger partial charge on any atom is -0.353 e. The molecule has 1 fully saturated rings. The molecule has 7 heteroatoms. The largest absolute Gasteiger partial charge is 0.353 e. The van der Waals surface area contributed by atoms with Gasteiger partial charge in [-0.15, -0.1) is 0 Å². The first-order valence-corrected chi connectivity index (χ1v) is 8.37. The Morgan fingerprint density at radius 1 is 1.09 bits per heavy atom. The molecule has 2 aromatic heterocycles. The third-order valence-corrected chi connectivity index (χ3v) is 5.04. The van der Waals surface area contributed by atoms with Crippen molar-refractivity contribution in [2.45, 2.75) is 0 Å². The summed E-state index contributed by atoms with van der Waals surface area (Å²) in [5, 5.41) is 1.22. The quantitative estimate of drug-likeness (QED) is 0.717. The van der Waals surface area contributed by atoms with Crippen molar-refractivity contribution in [2.24, 2.45) is 7.05 Å². The number of piperazine rings is 1. The third-order valence-electron chi connectivity index (χ3n) is 4.23. The molecule has 0 amide bonds. The highest BCUT2D eigenvalue weighted by Gasteiger charge is 2.21. The van der Waals surface area contributed by atoms with E-state index < -0.39 is 0 Å². The van der Waals surface area contributed by atoms with Crippen molar-refractivity contribution in [2.75, 3.05) is 36.0 Å². The monoisotopic (exact) mass is 327 g/mol. The first kappa shape index (κ1) is 14.2. The summed E-state index contributed by atoms with van der Waals surface area (Å²) in [4.78, 5) is 20.6. The molecule has 23 heavy (non-hydrogen) atoms. The van der Waals surface area contributed by atoms with Crippen LogP contribution in [-0.2, 0) is 7.05 Å². The molecule has 6 nitrogen and oxygen atoms in total. The van der Waals surface area contributed by atoms with E-state index >= 15 is 0 Å². The number of aromatic nitrogens is 3. The van der Waals surface area contributed by atoms with Crippen LogP contribution in [0, 0.1) is 0 Å². The molecule has 0 N–H and O–H groups in total. The normalized spacial score (nSPS) is 15.3. The Morgan fingerprint density at radius 3 is 2.61 bits per heavy atom. The Hall–Kier alpha value is -2.41. The summed E-state index contributed by atoms with van der Waals surface area (Å²) in [6, 6.07) is 9.94. The summed E-state index contributed by atoms with van der Waals surface area (Å²) in [6.07, 6.45) is 1.58. The molecular weight excluding hydrogens is 310 g/mol. The van der Waals surface area contributed by atoms with Gasteiger partial charge >= 0.3 is 0 Å². The van der Waals surface area contributed by atoms with E-state index in [2.05, 4.69) is 37.4 Å². The number of aryl methyl sites for hydroxylation is 1. The second-order valence-electron chi connectivity index (χ2n) is 5.67. The van der Waals surface area contributed by atoms with Gasteiger partial charge in [0.25, 0.3) is 5.56 Å². The molecule has 0 radical (unpaired) electrons. The summed E-state index contributed by atoms with van der Waals surface area (Å²) in [7, 11) is 1.71. The van der Waals surface area contributed by atoms with Crippen LogP contribution in [0.2, 0.25) is 0 Å². The topological polar surface area (TPSA) is 54.3 Å². The highest BCUT2D eigenvalue weighted by atomic mass is 32.1. The van der Waals surface area contributed by atoms with Gasteiger partial charge in [-0.3, -0.25) is 4.79 Å². The molecule has 3 heterocycles. The molecule has 1 aliphatic heterocycles. The van der Waals surface area contributed by atoms with Crippen molar-refractivity contribution in [3.8, 4) is 0 Å². The second-order valence-corrected chi connectivity index (χ2v) is 6.48. The number of nitrogens with zero attached hydrogens (tertiary/aromatic N) is 5. The van der Waals surface area contributed by atoms with Crippen molar-refractivity contribution < 1.29 is 0 Å². The van der Waals surface area contributed by atoms with Crippen molar-refractivity contribution in [3.63, 3.8) is 0 Å². The summed E-state index contributed by atoms with van der Waals surface area (Å²) in [6.45, 7) is 3.44. The van der Waals surface area contributed by atoms with Crippen LogP contribution in [0.25, 0.3) is 10.1 Å². The minimum atomic E-state index is -0.0251. The SMILES string of the molecule is Cn1cnc(N2CCN(c3nsc4ccccc34)CC2)cc1=O. The van der Waals surface area contributed by atoms with Crippen molar-refractivity contribution >= 4 is 33.3 Å². The zero-order valence-corrected chi connectivity index (χ0v) is 13.7. The van der Waals surface area contributed by atoms with Gasteiger partial charge in [-0.05, 0) is 23.7 Å². The van der Waals surface area contributed by atoms with Crippen LogP contribution in [0.5, 0.6) is 0 Å². The van der Waals surface area contributed by atoms with Gasteiger partial charge in [0, 0.05) is 44.7 Å². The maximum absolute atomic E-state index is 11.8. The van der Waals surface area contributed by atoms with Crippen molar-refractivity contribution in [1.29, 1.82) is 0 Å². The zero-order chi connectivity index (χ0) is 15.8. The van der Waals surface area contributed by atoms with Gasteiger partial charge in [-0.25, -0.2) is 4.98 Å². The highest BCUT2D eigenvalue weighted by Crippen LogP contribution is 2.30. The fourth-order valence-electron chi connectivity index (χ4n) is 2.87. The summed E-state index contributed by atoms with van der Waals surface area (Å²) < 4.78 is 7.33. The van der Waals surface area contributed by atoms with Gasteiger partial charge in [-0.2, -0.15) is 4.37 Å². The van der Waals surface area contributed by atoms with E-state index in [-0.39, 0.29) is 5.56 Å². The molecule has 0 saturated carbocycles. The fraction of sp³-hybridized carbons (Fsp3) is 0.312. The standard InChI is InChI=1S/C16H17N5OS/c1-19-11-17-14(10-15(19)22)20-6-8-21(9-7-20)16-12-4-2-3-5-13(12)23-18-16/h2-5,10-11H,6-9H2,1H3. The highest BCUT2D eigenvalue weighted by molar-refractivity contribution is 7.13. The predicted octanol–water partition coefficient (Wildman–Crippen LogP) is 1.72. The third kappa shape index (κ3) is 2.57. The maximum Gasteiger partial charge on any atom is 0.255 e. The molecule has 4 rings (SSSR count). The van der Waals surface area contributed by atoms with Crippen LogP contribution >= 0.6 is 11.5 Å². The average Bonchev–Trinajstić information content (AvgIpc) is 3.02. The van der Waals surface area contributed by atoms with Crippen LogP contribution in [0.3, 0.4) is 0 Å². The molecule has 0 unspecified atom stereocenters. The van der Waals surface area contributed by atoms with Gasteiger partial charge in [0.2, 0.25) is 0 Å². The van der Waals surface area contributed by atoms with Crippen LogP contribution in [-0.4, -0.2) is 40.1 Å². The van der Waals surface area contributed by atoms with E-state index in [1.165, 1.54) is 14.7 Å². The van der Waals surface area contributed by atoms with E-state index in [0.29, 0.717) is 0 Å². The van der Waals surface area contributed by atoms with E-state index in [9.17, 15) is 4.79 Å². The number of fused-ring (bicyclic) bond motifs is 1. The number of benzene rings is 1. The van der Waals surface area contributed by atoms with E-state index in [1.807, 2.05) is 6.07 Å². The average molecular weight is 327 g/mol. The lowest BCUT2D eigenvalue weighted by Crippen LogP contribution is -2.47. The maximum atomic E-state index is 11.8. The Labute approximate surface area is 137 Å². The second kappa shape index (κ2) is 5.66. The Morgan fingerprint density at radius 2 is 1.83 bits per heavy atom. The molecule has 0 aliphatic carbocycles. The van der Waals surface area contributed by atoms with Crippen LogP contribution < -0.4 is 15.4 Å². The molecule has 3 aromatic rings. The lowest BCUT2D eigenvalue weighted by Gasteiger charge is -2.35. The van der Waals surface area contributed by atoms with Gasteiger partial charge in [-0.1, -0.05) is 12.1 Å². The summed E-state index contributed by atoms with van der Waals surface area (Å²) in [5.74, 6) is 1.83. The first-order chi connectivity index (χ1) is 11.2. The molecule has 0 bridgehead atoms. The zero-order valence-electron chi connectivity index (χ0n) is 12.8. The number of rotatable bonds is 2. The van der Waals surface area contributed by atoms with Crippen molar-refractivity contribution in [1.82, 2.24) is 13.9 Å². The summed E-state index contributed by atoms with van der Waals surface area (Å²) >= 11 is 1.55. The minimum absolute atomic E-state index is 0.0251. The Kier molecular flexibility index (Phi) is 3.49. The smallest absolute Gasteiger partial charge is 0.255 e. The molecule has 0 atom stereocenters. The van der Waals surface area contributed by atoms with E-state index in [0.717, 1.165) is 37.8 Å². The molecule has 1 aromatic carbocycles. The van der Waals surface area contributed by atoms with Crippen molar-refractivity contribution in [3.05, 3.63) is 47.0 Å². The summed E-state index contributed by atoms with van der Waals surface area (Å²) in [5.41, 5.74) is -0.0251. The first-order valence-electron chi connectivity index (χ1n) is 7.59. The van der Waals surface area contributed by atoms with Crippen LogP contribution in [0.15, 0.2) is 41.5 Å². The lowest BCUT2D eigenvalue weighted by atomic mass is 10.2. The van der Waals surface area contributed by atoms with E-state index in [4.69, 9.17) is 0 Å². The van der Waals surface area contributed by atoms with Gasteiger partial charge in [0.1, 0.15) is 11.6 Å². The lowest BCUT2D eigenvalue weighted by molar-refractivity contribution is 0.641. The molecule has 1 aliphatic rings. The Bertz CT molecular complexity index is 895. The molecule has 0 spiro atoms. The number of hydrogen-bond acceptors (Lipinski definition) is 6. The van der Waals surface area contributed by atoms with Gasteiger partial charge in [0.15, 0.2) is 0 Å². The van der Waals surface area contributed by atoms with E-state index in [1.54, 1.807) is 31.0 Å². The molecule has 1 saturated heterocycles. The Balaban J connectivity index is 1.52. The number of hydrogen-bond donors (Lipinski definition) is 0. The van der Waals surface area contributed by atoms with Crippen LogP contribution in [0.1, 0.15) is 0 Å². The van der Waals surface area contributed by atoms with Gasteiger partial charge < -0.3 is 14.4 Å². The fourth-order valence-corrected chi connectivity index (χ4v) is 3.67. The molecular formula is C16H17N5OS. The van der Waals surface area contributed by atoms with Gasteiger partial charge in [0.05, 0.1) is 11.0 Å². The number of anilines is 2.